The van der Waals surface area contributed by atoms with Crippen LogP contribution in [0, 0.1) is 24.9 Å². The van der Waals surface area contributed by atoms with E-state index < -0.39 is 32.0 Å². The minimum atomic E-state index is -2.29. The quantitative estimate of drug-likeness (QED) is 0.0982. The van der Waals surface area contributed by atoms with Crippen LogP contribution in [-0.4, -0.2) is 28.2 Å². The van der Waals surface area contributed by atoms with Crippen molar-refractivity contribution in [3.63, 3.8) is 0 Å². The minimum Gasteiger partial charge on any atom is -0.304 e. The molecular weight excluding hydrogens is 838 g/mol. The van der Waals surface area contributed by atoms with Gasteiger partial charge in [0.05, 0.1) is 0 Å². The zero-order chi connectivity index (χ0) is 35.8. The molecule has 0 unspecified atom stereocenters. The predicted molar refractivity (Wildman–Crippen MR) is 195 cm³/mol. The van der Waals surface area contributed by atoms with Crippen molar-refractivity contribution in [3.05, 3.63) is 133 Å². The molecule has 0 atom stereocenters. The van der Waals surface area contributed by atoms with Gasteiger partial charge in [-0.15, -0.1) is 23.8 Å². The topological polar surface area (TPSA) is 38.7 Å². The van der Waals surface area contributed by atoms with Crippen LogP contribution in [0.3, 0.4) is 0 Å². The molecule has 4 heterocycles. The van der Waals surface area contributed by atoms with E-state index in [1.807, 2.05) is 80.7 Å². The first kappa shape index (κ1) is 29.6. The molecule has 3 nitrogen and oxygen atoms in total. The van der Waals surface area contributed by atoms with E-state index in [0.717, 1.165) is 43.4 Å². The fourth-order valence-electron chi connectivity index (χ4n) is 5.41. The van der Waals surface area contributed by atoms with E-state index in [1.165, 1.54) is 28.0 Å². The van der Waals surface area contributed by atoms with Crippen molar-refractivity contribution in [2.45, 2.75) is 43.9 Å². The molecule has 4 aromatic heterocycles. The van der Waals surface area contributed by atoms with Crippen LogP contribution in [0.5, 0.6) is 0 Å². The molecule has 47 heavy (non-hydrogen) atoms. The third-order valence-electron chi connectivity index (χ3n) is 7.75. The third-order valence-corrected chi connectivity index (χ3v) is 13.1. The van der Waals surface area contributed by atoms with Crippen LogP contribution < -0.4 is 4.40 Å². The van der Waals surface area contributed by atoms with E-state index >= 15 is 0 Å². The smallest absolute Gasteiger partial charge is 0.214 e. The molecule has 239 valence electrons. The minimum absolute atomic E-state index is 0. The van der Waals surface area contributed by atoms with E-state index in [9.17, 15) is 4.39 Å². The Morgan fingerprint density at radius 3 is 2.32 bits per heavy atom. The van der Waals surface area contributed by atoms with Gasteiger partial charge in [-0.1, -0.05) is 41.8 Å². The number of benzene rings is 3. The van der Waals surface area contributed by atoms with Crippen molar-refractivity contribution in [1.82, 2.24) is 15.0 Å². The zero-order valence-electron chi connectivity index (χ0n) is 30.8. The van der Waals surface area contributed by atoms with Crippen LogP contribution in [0.25, 0.3) is 53.9 Å². The number of nitrogens with zero attached hydrogens (tertiary/aromatic N) is 3. The van der Waals surface area contributed by atoms with E-state index in [4.69, 9.17) is 5.48 Å². The van der Waals surface area contributed by atoms with Crippen LogP contribution in [0.1, 0.15) is 36.4 Å². The fourth-order valence-corrected chi connectivity index (χ4v) is 9.89. The molecule has 1 radical (unpaired) electrons. The van der Waals surface area contributed by atoms with Gasteiger partial charge in [0.1, 0.15) is 4.83 Å². The molecular formula is C40H36FGeIrN3S-2. The number of pyridine rings is 3. The van der Waals surface area contributed by atoms with Crippen molar-refractivity contribution >= 4 is 49.3 Å². The number of aryl methyl sites for hydroxylation is 1. The van der Waals surface area contributed by atoms with Gasteiger partial charge in [-0.3, -0.25) is 0 Å². The standard InChI is InChI=1S/C23H14FN2S.C17H22GeN.Ir/c1-14-13-25-20(12-19(14)15-6-3-2-4-7-15)18-9-5-8-16-17-10-11-21(24)26-23(17)27-22(16)18;1-13(2)15-11-17(14-9-7-6-8-10-14)19-12-16(15)18(3,4)5;/h2-8,10-13H,1H3;6-9,11-13H,1-5H3;/q2*-1;/i1D3;13D;. The summed E-state index contributed by atoms with van der Waals surface area (Å²) < 4.78 is 48.0. The van der Waals surface area contributed by atoms with E-state index in [-0.39, 0.29) is 25.7 Å². The molecule has 3 aromatic carbocycles. The fraction of sp³-hybridized carbons (Fsp3) is 0.175. The van der Waals surface area contributed by atoms with Gasteiger partial charge in [0.15, 0.2) is 0 Å². The number of aromatic nitrogens is 3. The monoisotopic (exact) mass is 880 g/mol. The van der Waals surface area contributed by atoms with Crippen LogP contribution in [0.15, 0.2) is 103 Å². The van der Waals surface area contributed by atoms with Crippen LogP contribution in [0.2, 0.25) is 17.3 Å². The Balaban J connectivity index is 0.000000211. The Bertz CT molecular complexity index is 2300. The average molecular weight is 879 g/mol. The molecule has 7 aromatic rings. The van der Waals surface area contributed by atoms with E-state index in [0.29, 0.717) is 16.1 Å². The summed E-state index contributed by atoms with van der Waals surface area (Å²) in [4.78, 5) is 13.7. The normalized spacial score (nSPS) is 13.1. The van der Waals surface area contributed by atoms with Crippen molar-refractivity contribution in [1.29, 1.82) is 0 Å². The molecule has 7 heteroatoms. The molecule has 0 aliphatic rings. The average Bonchev–Trinajstić information content (AvgIpc) is 3.45. The Morgan fingerprint density at radius 2 is 1.62 bits per heavy atom. The number of halogens is 1. The van der Waals surface area contributed by atoms with Crippen LogP contribution >= 0.6 is 11.3 Å². The van der Waals surface area contributed by atoms with Gasteiger partial charge < -0.3 is 4.98 Å². The van der Waals surface area contributed by atoms with Crippen LogP contribution in [-0.2, 0) is 20.1 Å². The largest absolute Gasteiger partial charge is 0.304 e. The summed E-state index contributed by atoms with van der Waals surface area (Å²) >= 11 is -0.650. The number of rotatable bonds is 5. The summed E-state index contributed by atoms with van der Waals surface area (Å²) in [6.07, 6.45) is 3.42. The molecule has 0 N–H and O–H groups in total. The summed E-state index contributed by atoms with van der Waals surface area (Å²) in [5.74, 6) is 5.92. The van der Waals surface area contributed by atoms with E-state index in [1.54, 1.807) is 18.2 Å². The van der Waals surface area contributed by atoms with Gasteiger partial charge in [-0.25, -0.2) is 4.98 Å². The zero-order valence-corrected chi connectivity index (χ0v) is 32.1. The second kappa shape index (κ2) is 14.7. The second-order valence-corrected chi connectivity index (χ2v) is 23.9. The number of hydrogen-bond acceptors (Lipinski definition) is 4. The summed E-state index contributed by atoms with van der Waals surface area (Å²) in [5.41, 5.74) is 5.99. The molecule has 0 aliphatic heterocycles. The number of thiophene rings is 1. The molecule has 0 saturated carbocycles. The Kier molecular flexibility index (Phi) is 9.25. The third kappa shape index (κ3) is 7.62. The summed E-state index contributed by atoms with van der Waals surface area (Å²) in [5, 5.41) is 1.81. The molecule has 0 aliphatic carbocycles. The van der Waals surface area contributed by atoms with Crippen LogP contribution in [0.4, 0.5) is 4.39 Å². The maximum atomic E-state index is 13.6. The molecule has 0 bridgehead atoms. The number of fused-ring (bicyclic) bond motifs is 3. The first-order valence-electron chi connectivity index (χ1n) is 17.0. The van der Waals surface area contributed by atoms with Crippen molar-refractivity contribution < 1.29 is 30.0 Å². The molecule has 0 amide bonds. The molecule has 0 spiro atoms. The van der Waals surface area contributed by atoms with Gasteiger partial charge in [0.2, 0.25) is 5.95 Å². The predicted octanol–water partition coefficient (Wildman–Crippen LogP) is 10.6. The van der Waals surface area contributed by atoms with Gasteiger partial charge >= 0.3 is 120 Å². The molecule has 7 rings (SSSR count). The Morgan fingerprint density at radius 1 is 0.851 bits per heavy atom. The Hall–Kier alpha value is -3.55. The van der Waals surface area contributed by atoms with Crippen molar-refractivity contribution in [3.8, 4) is 33.6 Å². The van der Waals surface area contributed by atoms with E-state index in [2.05, 4.69) is 50.4 Å². The summed E-state index contributed by atoms with van der Waals surface area (Å²) in [6.45, 7) is 1.63. The molecule has 0 fully saturated rings. The number of hydrogen-bond donors (Lipinski definition) is 0. The van der Waals surface area contributed by atoms with Gasteiger partial charge in [-0.2, -0.15) is 15.7 Å². The Labute approximate surface area is 302 Å². The van der Waals surface area contributed by atoms with Gasteiger partial charge in [0, 0.05) is 35.8 Å². The van der Waals surface area contributed by atoms with Gasteiger partial charge in [0.25, 0.3) is 0 Å². The molecule has 0 saturated heterocycles. The maximum Gasteiger partial charge on any atom is 0.214 e. The van der Waals surface area contributed by atoms with Crippen molar-refractivity contribution in [2.75, 3.05) is 0 Å². The summed E-state index contributed by atoms with van der Waals surface area (Å²) in [6, 6.07) is 34.4. The van der Waals surface area contributed by atoms with Crippen molar-refractivity contribution in [2.24, 2.45) is 0 Å². The summed E-state index contributed by atoms with van der Waals surface area (Å²) in [7, 11) is 0. The first-order chi connectivity index (χ1) is 23.6. The van der Waals surface area contributed by atoms with Gasteiger partial charge in [-0.05, 0) is 46.1 Å². The first-order valence-corrected chi connectivity index (χ1v) is 23.2. The maximum absolute atomic E-state index is 13.6. The second-order valence-electron chi connectivity index (χ2n) is 12.3. The SMILES string of the molecule is [2H]C(C)(C)c1cc(-c2[c-]cccc2)nc[c]1[Ge]([CH3])([CH3])[CH3].[2H]C([2H])([2H])c1cnc(-c2[c-]ccc3c2sc2nc(F)ccc23)cc1-c1ccccc1.[Ir].